The van der Waals surface area contributed by atoms with E-state index in [4.69, 9.17) is 16.3 Å². The van der Waals surface area contributed by atoms with E-state index >= 15 is 0 Å². The number of ether oxygens (including phenoxy) is 1. The predicted molar refractivity (Wildman–Crippen MR) is 77.8 cm³/mol. The Morgan fingerprint density at radius 3 is 2.78 bits per heavy atom. The van der Waals surface area contributed by atoms with Gasteiger partial charge >= 0.3 is 0 Å². The number of hydrogen-bond donors (Lipinski definition) is 1. The first-order valence-corrected chi connectivity index (χ1v) is 6.77. The highest BCUT2D eigenvalue weighted by molar-refractivity contribution is 6.33. The molecule has 2 rings (SSSR count). The maximum atomic E-state index is 6.26. The number of rotatable bonds is 4. The summed E-state index contributed by atoms with van der Waals surface area (Å²) in [6, 6.07) is 6.52. The molecule has 1 saturated heterocycles. The molecule has 0 amide bonds. The summed E-state index contributed by atoms with van der Waals surface area (Å²) in [5.74, 6) is 0.595. The molecule has 0 radical (unpaired) electrons. The van der Waals surface area contributed by atoms with Crippen LogP contribution in [0, 0.1) is 5.92 Å². The van der Waals surface area contributed by atoms with E-state index in [0.717, 1.165) is 36.0 Å². The van der Waals surface area contributed by atoms with E-state index in [1.54, 1.807) is 0 Å². The van der Waals surface area contributed by atoms with Crippen LogP contribution in [0.2, 0.25) is 5.02 Å². The molecule has 100 valence electrons. The smallest absolute Gasteiger partial charge is 0.0659 e. The first kappa shape index (κ1) is 13.5. The Morgan fingerprint density at radius 2 is 2.22 bits per heavy atom. The van der Waals surface area contributed by atoms with E-state index in [1.165, 1.54) is 0 Å². The molecular weight excluding hydrogens is 248 g/mol. The monoisotopic (exact) mass is 268 g/mol. The van der Waals surface area contributed by atoms with Crippen LogP contribution >= 0.6 is 11.6 Å². The topological polar surface area (TPSA) is 24.5 Å². The van der Waals surface area contributed by atoms with Gasteiger partial charge in [0.2, 0.25) is 0 Å². The number of halogens is 1. The second-order valence-corrected chi connectivity index (χ2v) is 5.52. The van der Waals surface area contributed by atoms with Gasteiger partial charge in [0, 0.05) is 38.3 Å². The summed E-state index contributed by atoms with van der Waals surface area (Å²) in [4.78, 5) is 2.01. The van der Waals surface area contributed by atoms with Crippen molar-refractivity contribution in [3.05, 3.63) is 23.2 Å². The second kappa shape index (κ2) is 5.81. The third kappa shape index (κ3) is 3.09. The highest BCUT2D eigenvalue weighted by atomic mass is 35.5. The maximum Gasteiger partial charge on any atom is 0.0659 e. The third-order valence-electron chi connectivity index (χ3n) is 3.50. The minimum absolute atomic E-state index is 0.411. The Kier molecular flexibility index (Phi) is 4.36. The summed E-state index contributed by atoms with van der Waals surface area (Å²) in [5.41, 5.74) is 2.11. The normalized spacial score (nSPS) is 20.8. The van der Waals surface area contributed by atoms with Gasteiger partial charge in [-0.15, -0.1) is 0 Å². The highest BCUT2D eigenvalue weighted by Crippen LogP contribution is 2.28. The van der Waals surface area contributed by atoms with Crippen molar-refractivity contribution < 1.29 is 4.74 Å². The molecule has 2 unspecified atom stereocenters. The van der Waals surface area contributed by atoms with E-state index in [-0.39, 0.29) is 0 Å². The van der Waals surface area contributed by atoms with Crippen molar-refractivity contribution in [1.82, 2.24) is 0 Å². The second-order valence-electron chi connectivity index (χ2n) is 5.12. The molecule has 3 nitrogen and oxygen atoms in total. The maximum absolute atomic E-state index is 6.26. The Balaban J connectivity index is 2.03. The number of nitrogens with one attached hydrogen (secondary N) is 1. The van der Waals surface area contributed by atoms with Crippen molar-refractivity contribution in [2.24, 2.45) is 5.92 Å². The van der Waals surface area contributed by atoms with Crippen LogP contribution in [-0.2, 0) is 4.74 Å². The molecule has 0 bridgehead atoms. The minimum atomic E-state index is 0.411. The average molecular weight is 269 g/mol. The van der Waals surface area contributed by atoms with Gasteiger partial charge in [-0.05, 0) is 31.5 Å². The van der Waals surface area contributed by atoms with Crippen LogP contribution in [0.4, 0.5) is 11.4 Å². The van der Waals surface area contributed by atoms with E-state index < -0.39 is 0 Å². The van der Waals surface area contributed by atoms with Gasteiger partial charge in [0.05, 0.1) is 17.3 Å². The van der Waals surface area contributed by atoms with Gasteiger partial charge in [0.25, 0.3) is 0 Å². The van der Waals surface area contributed by atoms with Gasteiger partial charge in [-0.2, -0.15) is 0 Å². The zero-order valence-corrected chi connectivity index (χ0v) is 12.0. The summed E-state index contributed by atoms with van der Waals surface area (Å²) in [7, 11) is 3.99. The van der Waals surface area contributed by atoms with Gasteiger partial charge in [0.15, 0.2) is 0 Å². The molecular formula is C14H21ClN2O. The van der Waals surface area contributed by atoms with Crippen LogP contribution in [-0.4, -0.2) is 33.4 Å². The molecule has 2 atom stereocenters. The summed E-state index contributed by atoms with van der Waals surface area (Å²) >= 11 is 6.26. The summed E-state index contributed by atoms with van der Waals surface area (Å²) in [6.45, 7) is 3.95. The van der Waals surface area contributed by atoms with Gasteiger partial charge < -0.3 is 15.0 Å². The van der Waals surface area contributed by atoms with Gasteiger partial charge in [-0.1, -0.05) is 11.6 Å². The van der Waals surface area contributed by atoms with E-state index in [0.29, 0.717) is 12.0 Å². The first-order chi connectivity index (χ1) is 8.58. The van der Waals surface area contributed by atoms with Gasteiger partial charge in [0.1, 0.15) is 0 Å². The van der Waals surface area contributed by atoms with E-state index in [2.05, 4.69) is 18.3 Å². The molecule has 1 aromatic carbocycles. The fraction of sp³-hybridized carbons (Fsp3) is 0.571. The van der Waals surface area contributed by atoms with E-state index in [1.807, 2.05) is 31.1 Å². The van der Waals surface area contributed by atoms with Crippen LogP contribution in [0.5, 0.6) is 0 Å². The summed E-state index contributed by atoms with van der Waals surface area (Å²) in [6.07, 6.45) is 1.14. The van der Waals surface area contributed by atoms with Crippen molar-refractivity contribution >= 4 is 23.0 Å². The average Bonchev–Trinajstić information content (AvgIpc) is 2.81. The molecule has 4 heteroatoms. The highest BCUT2D eigenvalue weighted by Gasteiger charge is 2.22. The molecule has 1 heterocycles. The summed E-state index contributed by atoms with van der Waals surface area (Å²) in [5, 5.41) is 4.29. The van der Waals surface area contributed by atoms with Crippen LogP contribution in [0.3, 0.4) is 0 Å². The quantitative estimate of drug-likeness (QED) is 0.907. The fourth-order valence-corrected chi connectivity index (χ4v) is 2.64. The van der Waals surface area contributed by atoms with Gasteiger partial charge in [-0.3, -0.25) is 0 Å². The third-order valence-corrected chi connectivity index (χ3v) is 3.80. The molecule has 0 spiro atoms. The molecule has 1 N–H and O–H groups in total. The van der Waals surface area contributed by atoms with Crippen molar-refractivity contribution in [2.45, 2.75) is 19.4 Å². The largest absolute Gasteiger partial charge is 0.382 e. The molecule has 1 aliphatic rings. The fourth-order valence-electron chi connectivity index (χ4n) is 2.29. The van der Waals surface area contributed by atoms with Crippen LogP contribution in [0.1, 0.15) is 13.3 Å². The molecule has 0 aliphatic carbocycles. The van der Waals surface area contributed by atoms with Crippen LogP contribution in [0.25, 0.3) is 0 Å². The molecule has 18 heavy (non-hydrogen) atoms. The number of hydrogen-bond acceptors (Lipinski definition) is 3. The van der Waals surface area contributed by atoms with E-state index in [9.17, 15) is 0 Å². The molecule has 0 aromatic heterocycles. The number of nitrogens with zero attached hydrogens (tertiary/aromatic N) is 1. The molecule has 1 aliphatic heterocycles. The zero-order chi connectivity index (χ0) is 13.1. The number of anilines is 2. The minimum Gasteiger partial charge on any atom is -0.382 e. The first-order valence-electron chi connectivity index (χ1n) is 6.39. The van der Waals surface area contributed by atoms with Crippen molar-refractivity contribution in [2.75, 3.05) is 37.5 Å². The molecule has 1 fully saturated rings. The Labute approximate surface area is 114 Å². The summed E-state index contributed by atoms with van der Waals surface area (Å²) < 4.78 is 5.42. The molecule has 1 aromatic rings. The van der Waals surface area contributed by atoms with Crippen molar-refractivity contribution in [3.63, 3.8) is 0 Å². The SMILES string of the molecule is CC(Nc1ccc(N(C)C)c(Cl)c1)C1CCOC1. The molecule has 0 saturated carbocycles. The van der Waals surface area contributed by atoms with Crippen LogP contribution < -0.4 is 10.2 Å². The lowest BCUT2D eigenvalue weighted by molar-refractivity contribution is 0.183. The number of benzene rings is 1. The van der Waals surface area contributed by atoms with Crippen molar-refractivity contribution in [3.8, 4) is 0 Å². The zero-order valence-electron chi connectivity index (χ0n) is 11.2. The standard InChI is InChI=1S/C14H21ClN2O/c1-10(11-6-7-18-9-11)16-12-4-5-14(17(2)3)13(15)8-12/h4-5,8,10-11,16H,6-7,9H2,1-3H3. The predicted octanol–water partition coefficient (Wildman–Crippen LogP) is 3.24. The Bertz CT molecular complexity index is 403. The Morgan fingerprint density at radius 1 is 1.44 bits per heavy atom. The lowest BCUT2D eigenvalue weighted by atomic mass is 10.0. The van der Waals surface area contributed by atoms with Crippen LogP contribution in [0.15, 0.2) is 18.2 Å². The lowest BCUT2D eigenvalue weighted by Gasteiger charge is -2.22. The van der Waals surface area contributed by atoms with Gasteiger partial charge in [-0.25, -0.2) is 0 Å². The van der Waals surface area contributed by atoms with Crippen molar-refractivity contribution in [1.29, 1.82) is 0 Å². The Hall–Kier alpha value is -0.930. The lowest BCUT2D eigenvalue weighted by Crippen LogP contribution is -2.26.